The van der Waals surface area contributed by atoms with Gasteiger partial charge in [-0.1, -0.05) is 31.9 Å². The van der Waals surface area contributed by atoms with Crippen LogP contribution in [0.5, 0.6) is 5.75 Å². The van der Waals surface area contributed by atoms with Crippen molar-refractivity contribution in [3.8, 4) is 5.75 Å². The lowest BCUT2D eigenvalue weighted by Crippen LogP contribution is -2.22. The lowest BCUT2D eigenvalue weighted by atomic mass is 10.0. The van der Waals surface area contributed by atoms with Crippen molar-refractivity contribution in [2.45, 2.75) is 38.6 Å². The summed E-state index contributed by atoms with van der Waals surface area (Å²) in [7, 11) is 0. The summed E-state index contributed by atoms with van der Waals surface area (Å²) in [5.74, 6) is 1.33. The number of benzene rings is 1. The molecule has 1 unspecified atom stereocenters. The maximum absolute atomic E-state index is 9.25. The number of phenolic OH excluding ortho intramolecular Hbond substituents is 1. The van der Waals surface area contributed by atoms with E-state index in [-0.39, 0.29) is 0 Å². The number of nitrogens with one attached hydrogen (secondary N) is 1. The van der Waals surface area contributed by atoms with Gasteiger partial charge in [-0.05, 0) is 43.0 Å². The average Bonchev–Trinajstić information content (AvgIpc) is 3.10. The maximum Gasteiger partial charge on any atom is 0.115 e. The van der Waals surface area contributed by atoms with Crippen molar-refractivity contribution < 1.29 is 5.11 Å². The molecule has 0 aliphatic heterocycles. The van der Waals surface area contributed by atoms with Crippen molar-refractivity contribution in [3.63, 3.8) is 0 Å². The molecule has 1 aromatic rings. The van der Waals surface area contributed by atoms with Gasteiger partial charge in [-0.3, -0.25) is 0 Å². The summed E-state index contributed by atoms with van der Waals surface area (Å²) in [6.07, 6.45) is 5.26. The zero-order valence-electron chi connectivity index (χ0n) is 9.95. The van der Waals surface area contributed by atoms with Crippen LogP contribution in [0.15, 0.2) is 24.3 Å². The van der Waals surface area contributed by atoms with Gasteiger partial charge in [0, 0.05) is 6.04 Å². The number of phenols is 1. The van der Waals surface area contributed by atoms with E-state index in [1.165, 1.54) is 24.8 Å². The Morgan fingerprint density at radius 1 is 1.31 bits per heavy atom. The highest BCUT2D eigenvalue weighted by molar-refractivity contribution is 5.27. The Balaban J connectivity index is 1.84. The molecule has 1 atom stereocenters. The van der Waals surface area contributed by atoms with Gasteiger partial charge in [0.25, 0.3) is 0 Å². The molecule has 2 N–H and O–H groups in total. The topological polar surface area (TPSA) is 32.3 Å². The van der Waals surface area contributed by atoms with Crippen LogP contribution in [0.4, 0.5) is 0 Å². The SMILES string of the molecule is CCC(NCCC1CC1)c1ccc(O)cc1. The smallest absolute Gasteiger partial charge is 0.115 e. The second kappa shape index (κ2) is 5.35. The first-order chi connectivity index (χ1) is 7.79. The Bertz CT molecular complexity index is 316. The third-order valence-corrected chi connectivity index (χ3v) is 3.34. The standard InChI is InChI=1S/C14H21NO/c1-2-14(15-10-9-11-3-4-11)12-5-7-13(16)8-6-12/h5-8,11,14-16H,2-4,9-10H2,1H3. The highest BCUT2D eigenvalue weighted by Gasteiger charge is 2.20. The molecule has 1 saturated carbocycles. The minimum atomic E-state index is 0.344. The summed E-state index contributed by atoms with van der Waals surface area (Å²) >= 11 is 0. The van der Waals surface area contributed by atoms with Crippen LogP contribution in [-0.4, -0.2) is 11.7 Å². The van der Waals surface area contributed by atoms with Crippen molar-refractivity contribution >= 4 is 0 Å². The molecule has 2 heteroatoms. The Labute approximate surface area is 97.7 Å². The van der Waals surface area contributed by atoms with Crippen molar-refractivity contribution in [2.24, 2.45) is 5.92 Å². The van der Waals surface area contributed by atoms with E-state index in [2.05, 4.69) is 12.2 Å². The van der Waals surface area contributed by atoms with Crippen LogP contribution in [0.3, 0.4) is 0 Å². The number of hydrogen-bond acceptors (Lipinski definition) is 2. The van der Waals surface area contributed by atoms with Gasteiger partial charge < -0.3 is 10.4 Å². The fourth-order valence-corrected chi connectivity index (χ4v) is 2.07. The highest BCUT2D eigenvalue weighted by atomic mass is 16.3. The Kier molecular flexibility index (Phi) is 3.83. The van der Waals surface area contributed by atoms with E-state index in [1.54, 1.807) is 12.1 Å². The molecule has 1 aromatic carbocycles. The predicted octanol–water partition coefficient (Wildman–Crippen LogP) is 3.23. The molecule has 88 valence electrons. The van der Waals surface area contributed by atoms with Crippen LogP contribution in [0, 0.1) is 5.92 Å². The van der Waals surface area contributed by atoms with Crippen LogP contribution in [-0.2, 0) is 0 Å². The molecule has 16 heavy (non-hydrogen) atoms. The summed E-state index contributed by atoms with van der Waals surface area (Å²) in [6, 6.07) is 7.97. The number of hydrogen-bond donors (Lipinski definition) is 2. The van der Waals surface area contributed by atoms with Crippen molar-refractivity contribution in [1.82, 2.24) is 5.32 Å². The third kappa shape index (κ3) is 3.24. The molecule has 0 bridgehead atoms. The first-order valence-electron chi connectivity index (χ1n) is 6.32. The van der Waals surface area contributed by atoms with E-state index in [1.807, 2.05) is 12.1 Å². The quantitative estimate of drug-likeness (QED) is 0.770. The lowest BCUT2D eigenvalue weighted by Gasteiger charge is -2.17. The van der Waals surface area contributed by atoms with Gasteiger partial charge in [0.15, 0.2) is 0 Å². The van der Waals surface area contributed by atoms with Crippen LogP contribution >= 0.6 is 0 Å². The number of rotatable bonds is 6. The molecular formula is C14H21NO. The molecular weight excluding hydrogens is 198 g/mol. The van der Waals surface area contributed by atoms with Crippen LogP contribution < -0.4 is 5.32 Å². The summed E-state index contributed by atoms with van der Waals surface area (Å²) in [5.41, 5.74) is 1.27. The van der Waals surface area contributed by atoms with E-state index in [4.69, 9.17) is 0 Å². The predicted molar refractivity (Wildman–Crippen MR) is 66.5 cm³/mol. The average molecular weight is 219 g/mol. The minimum Gasteiger partial charge on any atom is -0.508 e. The van der Waals surface area contributed by atoms with Gasteiger partial charge >= 0.3 is 0 Å². The molecule has 0 spiro atoms. The first-order valence-corrected chi connectivity index (χ1v) is 6.32. The largest absolute Gasteiger partial charge is 0.508 e. The zero-order valence-corrected chi connectivity index (χ0v) is 9.95. The molecule has 0 heterocycles. The Hall–Kier alpha value is -1.02. The van der Waals surface area contributed by atoms with Gasteiger partial charge in [0.2, 0.25) is 0 Å². The third-order valence-electron chi connectivity index (χ3n) is 3.34. The molecule has 1 aliphatic rings. The highest BCUT2D eigenvalue weighted by Crippen LogP contribution is 2.32. The van der Waals surface area contributed by atoms with Gasteiger partial charge in [0.05, 0.1) is 0 Å². The molecule has 2 nitrogen and oxygen atoms in total. The van der Waals surface area contributed by atoms with E-state index in [0.29, 0.717) is 11.8 Å². The van der Waals surface area contributed by atoms with E-state index in [0.717, 1.165) is 18.9 Å². The summed E-state index contributed by atoms with van der Waals surface area (Å²) in [5, 5.41) is 12.8. The van der Waals surface area contributed by atoms with E-state index >= 15 is 0 Å². The van der Waals surface area contributed by atoms with E-state index in [9.17, 15) is 5.11 Å². The molecule has 2 rings (SSSR count). The zero-order chi connectivity index (χ0) is 11.4. The van der Waals surface area contributed by atoms with Crippen molar-refractivity contribution in [2.75, 3.05) is 6.54 Å². The summed E-state index contributed by atoms with van der Waals surface area (Å²) < 4.78 is 0. The minimum absolute atomic E-state index is 0.344. The second-order valence-electron chi connectivity index (χ2n) is 4.74. The lowest BCUT2D eigenvalue weighted by molar-refractivity contribution is 0.472. The van der Waals surface area contributed by atoms with Gasteiger partial charge in [0.1, 0.15) is 5.75 Å². The van der Waals surface area contributed by atoms with Gasteiger partial charge in [-0.15, -0.1) is 0 Å². The fourth-order valence-electron chi connectivity index (χ4n) is 2.07. The monoisotopic (exact) mass is 219 g/mol. The van der Waals surface area contributed by atoms with Crippen LogP contribution in [0.2, 0.25) is 0 Å². The molecule has 1 aliphatic carbocycles. The summed E-state index contributed by atoms with van der Waals surface area (Å²) in [4.78, 5) is 0. The fraction of sp³-hybridized carbons (Fsp3) is 0.571. The second-order valence-corrected chi connectivity index (χ2v) is 4.74. The molecule has 1 fully saturated rings. The Morgan fingerprint density at radius 3 is 2.56 bits per heavy atom. The van der Waals surface area contributed by atoms with Crippen LogP contribution in [0.1, 0.15) is 44.2 Å². The van der Waals surface area contributed by atoms with Gasteiger partial charge in [-0.25, -0.2) is 0 Å². The first kappa shape index (κ1) is 11.5. The van der Waals surface area contributed by atoms with E-state index < -0.39 is 0 Å². The Morgan fingerprint density at radius 2 is 2.00 bits per heavy atom. The van der Waals surface area contributed by atoms with Crippen molar-refractivity contribution in [1.29, 1.82) is 0 Å². The summed E-state index contributed by atoms with van der Waals surface area (Å²) in [6.45, 7) is 3.31. The molecule has 0 aromatic heterocycles. The molecule has 0 radical (unpaired) electrons. The normalized spacial score (nSPS) is 17.3. The maximum atomic E-state index is 9.25. The van der Waals surface area contributed by atoms with Gasteiger partial charge in [-0.2, -0.15) is 0 Å². The molecule has 0 saturated heterocycles. The van der Waals surface area contributed by atoms with Crippen molar-refractivity contribution in [3.05, 3.63) is 29.8 Å². The molecule has 0 amide bonds. The van der Waals surface area contributed by atoms with Crippen LogP contribution in [0.25, 0.3) is 0 Å². The number of aromatic hydroxyl groups is 1.